The van der Waals surface area contributed by atoms with E-state index in [1.165, 1.54) is 12.1 Å². The molecule has 76 valence electrons. The lowest BCUT2D eigenvalue weighted by Crippen LogP contribution is -2.25. The molecule has 1 aromatic rings. The van der Waals surface area contributed by atoms with E-state index in [0.29, 0.717) is 0 Å². The van der Waals surface area contributed by atoms with Gasteiger partial charge >= 0.3 is 0 Å². The average molecular weight is 258 g/mol. The summed E-state index contributed by atoms with van der Waals surface area (Å²) in [7, 11) is 0. The van der Waals surface area contributed by atoms with Gasteiger partial charge in [0.05, 0.1) is 0 Å². The predicted molar refractivity (Wildman–Crippen MR) is 58.4 cm³/mol. The lowest BCUT2D eigenvalue weighted by atomic mass is 9.97. The average Bonchev–Trinajstić information content (AvgIpc) is 2.50. The summed E-state index contributed by atoms with van der Waals surface area (Å²) in [5, 5.41) is 0. The minimum Gasteiger partial charge on any atom is -0.321 e. The van der Waals surface area contributed by atoms with Gasteiger partial charge in [-0.2, -0.15) is 0 Å². The van der Waals surface area contributed by atoms with Gasteiger partial charge in [-0.15, -0.1) is 0 Å². The Morgan fingerprint density at radius 1 is 1.36 bits per heavy atom. The maximum Gasteiger partial charge on any atom is 0.124 e. The fourth-order valence-electron chi connectivity index (χ4n) is 1.96. The van der Waals surface area contributed by atoms with E-state index in [1.54, 1.807) is 0 Å². The van der Waals surface area contributed by atoms with Gasteiger partial charge in [-0.05, 0) is 35.6 Å². The Hall–Kier alpha value is -0.410. The molecular formula is C11H13BrFN. The highest BCUT2D eigenvalue weighted by Crippen LogP contribution is 2.60. The second-order valence-corrected chi connectivity index (χ2v) is 5.61. The zero-order valence-corrected chi connectivity index (χ0v) is 9.86. The summed E-state index contributed by atoms with van der Waals surface area (Å²) in [6.07, 6.45) is 0.913. The van der Waals surface area contributed by atoms with Crippen molar-refractivity contribution >= 4 is 15.9 Å². The van der Waals surface area contributed by atoms with Crippen LogP contribution >= 0.6 is 15.9 Å². The third-order valence-corrected chi connectivity index (χ3v) is 3.64. The molecule has 0 spiro atoms. The Balaban J connectivity index is 2.44. The lowest BCUT2D eigenvalue weighted by molar-refractivity contribution is 0.506. The Kier molecular flexibility index (Phi) is 2.02. The molecule has 0 radical (unpaired) electrons. The van der Waals surface area contributed by atoms with E-state index in [-0.39, 0.29) is 16.8 Å². The van der Waals surface area contributed by atoms with E-state index in [9.17, 15) is 4.39 Å². The first-order chi connectivity index (χ1) is 6.35. The van der Waals surface area contributed by atoms with Crippen molar-refractivity contribution in [2.75, 3.05) is 0 Å². The van der Waals surface area contributed by atoms with Crippen LogP contribution in [-0.4, -0.2) is 0 Å². The van der Waals surface area contributed by atoms with Gasteiger partial charge in [0.25, 0.3) is 0 Å². The van der Waals surface area contributed by atoms with E-state index in [2.05, 4.69) is 29.8 Å². The standard InChI is InChI=1S/C11H13BrFN/c1-10(2)6-11(10,14)7-3-8(12)5-9(13)4-7/h3-5H,6,14H2,1-2H3. The monoisotopic (exact) mass is 257 g/mol. The number of hydrogen-bond donors (Lipinski definition) is 1. The van der Waals surface area contributed by atoms with Crippen molar-refractivity contribution < 1.29 is 4.39 Å². The van der Waals surface area contributed by atoms with E-state index in [0.717, 1.165) is 16.5 Å². The van der Waals surface area contributed by atoms with Crippen molar-refractivity contribution in [3.05, 3.63) is 34.1 Å². The fourth-order valence-corrected chi connectivity index (χ4v) is 2.42. The van der Waals surface area contributed by atoms with Gasteiger partial charge in [0.2, 0.25) is 0 Å². The molecule has 1 unspecified atom stereocenters. The molecule has 1 saturated carbocycles. The minimum absolute atomic E-state index is 0.0836. The smallest absolute Gasteiger partial charge is 0.124 e. The summed E-state index contributed by atoms with van der Waals surface area (Å²) >= 11 is 3.28. The maximum absolute atomic E-state index is 13.2. The van der Waals surface area contributed by atoms with Crippen LogP contribution in [0.25, 0.3) is 0 Å². The van der Waals surface area contributed by atoms with Crippen molar-refractivity contribution in [2.24, 2.45) is 11.1 Å². The number of hydrogen-bond acceptors (Lipinski definition) is 1. The summed E-state index contributed by atoms with van der Waals surface area (Å²) < 4.78 is 13.9. The molecule has 1 aliphatic carbocycles. The number of benzene rings is 1. The number of nitrogens with two attached hydrogens (primary N) is 1. The van der Waals surface area contributed by atoms with Gasteiger partial charge in [-0.25, -0.2) is 4.39 Å². The number of halogens is 2. The van der Waals surface area contributed by atoms with E-state index in [4.69, 9.17) is 5.73 Å². The topological polar surface area (TPSA) is 26.0 Å². The maximum atomic E-state index is 13.2. The quantitative estimate of drug-likeness (QED) is 0.822. The molecule has 1 atom stereocenters. The van der Waals surface area contributed by atoms with Crippen LogP contribution in [0.3, 0.4) is 0 Å². The lowest BCUT2D eigenvalue weighted by Gasteiger charge is -2.15. The summed E-state index contributed by atoms with van der Waals surface area (Å²) in [4.78, 5) is 0. The first-order valence-electron chi connectivity index (χ1n) is 4.61. The van der Waals surface area contributed by atoms with Crippen LogP contribution in [0.2, 0.25) is 0 Å². The number of rotatable bonds is 1. The first-order valence-corrected chi connectivity index (χ1v) is 5.40. The van der Waals surface area contributed by atoms with E-state index in [1.807, 2.05) is 6.07 Å². The molecule has 0 amide bonds. The summed E-state index contributed by atoms with van der Waals surface area (Å²) in [6.45, 7) is 4.21. The predicted octanol–water partition coefficient (Wildman–Crippen LogP) is 3.17. The van der Waals surface area contributed by atoms with Crippen LogP contribution in [0, 0.1) is 11.2 Å². The van der Waals surface area contributed by atoms with Crippen LogP contribution in [0.5, 0.6) is 0 Å². The van der Waals surface area contributed by atoms with Gasteiger partial charge in [0.1, 0.15) is 5.82 Å². The Morgan fingerprint density at radius 3 is 2.36 bits per heavy atom. The molecule has 3 heteroatoms. The molecule has 1 fully saturated rings. The summed E-state index contributed by atoms with van der Waals surface area (Å²) in [5.41, 5.74) is 6.81. The van der Waals surface area contributed by atoms with Gasteiger partial charge < -0.3 is 5.73 Å². The highest BCUT2D eigenvalue weighted by Gasteiger charge is 2.59. The second kappa shape index (κ2) is 2.80. The Bertz CT molecular complexity index is 369. The van der Waals surface area contributed by atoms with E-state index >= 15 is 0 Å². The third-order valence-electron chi connectivity index (χ3n) is 3.18. The van der Waals surface area contributed by atoms with Crippen LogP contribution in [0.4, 0.5) is 4.39 Å². The third kappa shape index (κ3) is 1.39. The molecule has 0 bridgehead atoms. The molecule has 1 nitrogen and oxygen atoms in total. The molecule has 2 rings (SSSR count). The molecular weight excluding hydrogens is 245 g/mol. The first kappa shape index (κ1) is 10.1. The Labute approximate surface area is 91.6 Å². The minimum atomic E-state index is -0.350. The largest absolute Gasteiger partial charge is 0.321 e. The SMILES string of the molecule is CC1(C)CC1(N)c1cc(F)cc(Br)c1. The van der Waals surface area contributed by atoms with Crippen LogP contribution in [0.15, 0.2) is 22.7 Å². The van der Waals surface area contributed by atoms with Crippen molar-refractivity contribution in [1.82, 2.24) is 0 Å². The second-order valence-electron chi connectivity index (χ2n) is 4.69. The normalized spacial score (nSPS) is 28.9. The zero-order chi connectivity index (χ0) is 10.6. The Morgan fingerprint density at radius 2 is 1.93 bits per heavy atom. The molecule has 14 heavy (non-hydrogen) atoms. The van der Waals surface area contributed by atoms with Gasteiger partial charge in [0.15, 0.2) is 0 Å². The molecule has 0 aromatic heterocycles. The zero-order valence-electron chi connectivity index (χ0n) is 8.27. The molecule has 1 aliphatic rings. The summed E-state index contributed by atoms with van der Waals surface area (Å²) in [6, 6.07) is 4.87. The molecule has 0 aliphatic heterocycles. The molecule has 0 saturated heterocycles. The molecule has 1 aromatic carbocycles. The molecule has 0 heterocycles. The van der Waals surface area contributed by atoms with Gasteiger partial charge in [0, 0.05) is 10.0 Å². The summed E-state index contributed by atoms with van der Waals surface area (Å²) in [5.74, 6) is -0.234. The van der Waals surface area contributed by atoms with Crippen LogP contribution < -0.4 is 5.73 Å². The fraction of sp³-hybridized carbons (Fsp3) is 0.455. The van der Waals surface area contributed by atoms with Crippen molar-refractivity contribution in [3.8, 4) is 0 Å². The van der Waals surface area contributed by atoms with Crippen LogP contribution in [-0.2, 0) is 5.54 Å². The highest BCUT2D eigenvalue weighted by molar-refractivity contribution is 9.10. The molecule has 2 N–H and O–H groups in total. The van der Waals surface area contributed by atoms with Crippen molar-refractivity contribution in [1.29, 1.82) is 0 Å². The van der Waals surface area contributed by atoms with Crippen molar-refractivity contribution in [3.63, 3.8) is 0 Å². The van der Waals surface area contributed by atoms with Crippen molar-refractivity contribution in [2.45, 2.75) is 25.8 Å². The van der Waals surface area contributed by atoms with E-state index < -0.39 is 0 Å². The van der Waals surface area contributed by atoms with Gasteiger partial charge in [-0.1, -0.05) is 29.8 Å². The van der Waals surface area contributed by atoms with Crippen LogP contribution in [0.1, 0.15) is 25.8 Å². The van der Waals surface area contributed by atoms with Gasteiger partial charge in [-0.3, -0.25) is 0 Å². The highest BCUT2D eigenvalue weighted by atomic mass is 79.9.